The molecule has 3 amide bonds. The molecule has 0 aromatic heterocycles. The van der Waals surface area contributed by atoms with Crippen molar-refractivity contribution in [1.82, 2.24) is 5.32 Å². The predicted molar refractivity (Wildman–Crippen MR) is 136 cm³/mol. The summed E-state index contributed by atoms with van der Waals surface area (Å²) >= 11 is 0. The lowest BCUT2D eigenvalue weighted by molar-refractivity contribution is -0.119. The Morgan fingerprint density at radius 1 is 0.735 bits per heavy atom. The van der Waals surface area contributed by atoms with Gasteiger partial charge in [0.15, 0.2) is 0 Å². The number of benzene rings is 3. The van der Waals surface area contributed by atoms with Crippen LogP contribution in [0, 0.1) is 5.92 Å². The first-order chi connectivity index (χ1) is 16.3. The number of carbonyl (C=O) groups excluding carboxylic acids is 3. The second-order valence-corrected chi connectivity index (χ2v) is 8.31. The number of carbonyl (C=O) groups is 3. The van der Waals surface area contributed by atoms with Crippen LogP contribution >= 0.6 is 0 Å². The third-order valence-corrected chi connectivity index (χ3v) is 5.19. The Balaban J connectivity index is 1.49. The molecule has 0 aliphatic rings. The lowest BCUT2D eigenvalue weighted by atomic mass is 10.1. The monoisotopic (exact) mass is 458 g/mol. The summed E-state index contributed by atoms with van der Waals surface area (Å²) in [4.78, 5) is 36.7. The normalized spacial score (nSPS) is 11.4. The first-order valence-electron chi connectivity index (χ1n) is 11.2. The van der Waals surface area contributed by atoms with Crippen molar-refractivity contribution in [3.05, 3.63) is 90.0 Å². The molecule has 0 spiro atoms. The van der Waals surface area contributed by atoms with E-state index in [-0.39, 0.29) is 36.2 Å². The predicted octanol–water partition coefficient (Wildman–Crippen LogP) is 4.82. The van der Waals surface area contributed by atoms with Gasteiger partial charge in [-0.1, -0.05) is 50.2 Å². The van der Waals surface area contributed by atoms with Crippen molar-refractivity contribution >= 4 is 34.8 Å². The van der Waals surface area contributed by atoms with Crippen molar-refractivity contribution in [2.45, 2.75) is 26.8 Å². The van der Waals surface area contributed by atoms with Crippen LogP contribution in [0.5, 0.6) is 0 Å². The first-order valence-corrected chi connectivity index (χ1v) is 11.2. The Labute approximate surface area is 200 Å². The Morgan fingerprint density at radius 2 is 1.41 bits per heavy atom. The SMILES string of the molecule is CC(C)C(=O)Nc1cccc(NCC(=O)Nc2ccc(C(=O)NC(C)c3ccccc3)cc2)c1. The topological polar surface area (TPSA) is 99.3 Å². The molecule has 0 saturated heterocycles. The summed E-state index contributed by atoms with van der Waals surface area (Å²) in [5.41, 5.74) is 3.52. The summed E-state index contributed by atoms with van der Waals surface area (Å²) in [6.07, 6.45) is 0. The Bertz CT molecular complexity index is 1130. The Hall–Kier alpha value is -4.13. The van der Waals surface area contributed by atoms with Crippen LogP contribution in [0.15, 0.2) is 78.9 Å². The van der Waals surface area contributed by atoms with Crippen molar-refractivity contribution in [3.8, 4) is 0 Å². The number of nitrogens with one attached hydrogen (secondary N) is 4. The minimum atomic E-state index is -0.230. The molecule has 3 aromatic rings. The van der Waals surface area contributed by atoms with E-state index in [2.05, 4.69) is 21.3 Å². The summed E-state index contributed by atoms with van der Waals surface area (Å²) in [6, 6.07) is 23.6. The number of hydrogen-bond acceptors (Lipinski definition) is 4. The van der Waals surface area contributed by atoms with E-state index in [1.54, 1.807) is 42.5 Å². The van der Waals surface area contributed by atoms with Gasteiger partial charge in [0.2, 0.25) is 11.8 Å². The van der Waals surface area contributed by atoms with E-state index in [4.69, 9.17) is 0 Å². The Morgan fingerprint density at radius 3 is 2.09 bits per heavy atom. The minimum Gasteiger partial charge on any atom is -0.376 e. The second kappa shape index (κ2) is 11.7. The highest BCUT2D eigenvalue weighted by Gasteiger charge is 2.12. The lowest BCUT2D eigenvalue weighted by Crippen LogP contribution is -2.26. The van der Waals surface area contributed by atoms with E-state index < -0.39 is 0 Å². The van der Waals surface area contributed by atoms with E-state index >= 15 is 0 Å². The summed E-state index contributed by atoms with van der Waals surface area (Å²) < 4.78 is 0. The van der Waals surface area contributed by atoms with E-state index in [1.807, 2.05) is 57.2 Å². The van der Waals surface area contributed by atoms with E-state index in [0.717, 1.165) is 11.3 Å². The summed E-state index contributed by atoms with van der Waals surface area (Å²) in [7, 11) is 0. The van der Waals surface area contributed by atoms with Gasteiger partial charge in [-0.3, -0.25) is 14.4 Å². The molecule has 0 aliphatic heterocycles. The zero-order valence-electron chi connectivity index (χ0n) is 19.6. The van der Waals surface area contributed by atoms with Crippen LogP contribution in [0.4, 0.5) is 17.1 Å². The highest BCUT2D eigenvalue weighted by atomic mass is 16.2. The van der Waals surface area contributed by atoms with Gasteiger partial charge in [-0.25, -0.2) is 0 Å². The van der Waals surface area contributed by atoms with Crippen molar-refractivity contribution < 1.29 is 14.4 Å². The largest absolute Gasteiger partial charge is 0.376 e. The van der Waals surface area contributed by atoms with Crippen molar-refractivity contribution in [2.75, 3.05) is 22.5 Å². The van der Waals surface area contributed by atoms with Crippen LogP contribution in [0.3, 0.4) is 0 Å². The zero-order valence-corrected chi connectivity index (χ0v) is 19.6. The molecule has 1 atom stereocenters. The maximum absolute atomic E-state index is 12.5. The van der Waals surface area contributed by atoms with Gasteiger partial charge in [0.1, 0.15) is 0 Å². The maximum atomic E-state index is 12.5. The molecule has 0 radical (unpaired) electrons. The molecule has 0 saturated carbocycles. The number of anilines is 3. The smallest absolute Gasteiger partial charge is 0.251 e. The van der Waals surface area contributed by atoms with Crippen LogP contribution in [0.2, 0.25) is 0 Å². The molecule has 1 unspecified atom stereocenters. The van der Waals surface area contributed by atoms with E-state index in [0.29, 0.717) is 16.9 Å². The molecule has 34 heavy (non-hydrogen) atoms. The van der Waals surface area contributed by atoms with Crippen LogP contribution in [-0.2, 0) is 9.59 Å². The molecular weight excluding hydrogens is 428 g/mol. The van der Waals surface area contributed by atoms with Gasteiger partial charge in [-0.15, -0.1) is 0 Å². The second-order valence-electron chi connectivity index (χ2n) is 8.31. The van der Waals surface area contributed by atoms with E-state index in [1.165, 1.54) is 0 Å². The first kappa shape index (κ1) is 24.5. The zero-order chi connectivity index (χ0) is 24.5. The number of hydrogen-bond donors (Lipinski definition) is 4. The average molecular weight is 459 g/mol. The molecule has 4 N–H and O–H groups in total. The fourth-order valence-corrected chi connectivity index (χ4v) is 3.19. The van der Waals surface area contributed by atoms with E-state index in [9.17, 15) is 14.4 Å². The Kier molecular flexibility index (Phi) is 8.40. The van der Waals surface area contributed by atoms with Gasteiger partial charge in [-0.2, -0.15) is 0 Å². The fourth-order valence-electron chi connectivity index (χ4n) is 3.19. The molecule has 7 nitrogen and oxygen atoms in total. The molecule has 0 fully saturated rings. The molecule has 0 heterocycles. The van der Waals surface area contributed by atoms with Gasteiger partial charge in [0, 0.05) is 28.5 Å². The quantitative estimate of drug-likeness (QED) is 0.369. The highest BCUT2D eigenvalue weighted by Crippen LogP contribution is 2.17. The van der Waals surface area contributed by atoms with Crippen LogP contribution in [0.25, 0.3) is 0 Å². The van der Waals surface area contributed by atoms with Gasteiger partial charge < -0.3 is 21.3 Å². The molecule has 0 bridgehead atoms. The van der Waals surface area contributed by atoms with Gasteiger partial charge >= 0.3 is 0 Å². The molecular formula is C27H30N4O3. The van der Waals surface area contributed by atoms with Gasteiger partial charge in [-0.05, 0) is 55.0 Å². The van der Waals surface area contributed by atoms with Crippen molar-refractivity contribution in [1.29, 1.82) is 0 Å². The lowest BCUT2D eigenvalue weighted by Gasteiger charge is -2.14. The van der Waals surface area contributed by atoms with Crippen LogP contribution < -0.4 is 21.3 Å². The molecule has 7 heteroatoms. The average Bonchev–Trinajstić information content (AvgIpc) is 2.84. The number of amides is 3. The summed E-state index contributed by atoms with van der Waals surface area (Å²) in [5, 5.41) is 11.7. The van der Waals surface area contributed by atoms with Crippen LogP contribution in [-0.4, -0.2) is 24.3 Å². The fraction of sp³-hybridized carbons (Fsp3) is 0.222. The third-order valence-electron chi connectivity index (χ3n) is 5.19. The third kappa shape index (κ3) is 7.20. The van der Waals surface area contributed by atoms with Crippen LogP contribution in [0.1, 0.15) is 42.7 Å². The molecule has 0 aliphatic carbocycles. The molecule has 3 aromatic carbocycles. The minimum absolute atomic E-state index is 0.0540. The van der Waals surface area contributed by atoms with Crippen molar-refractivity contribution in [3.63, 3.8) is 0 Å². The van der Waals surface area contributed by atoms with Gasteiger partial charge in [0.05, 0.1) is 12.6 Å². The highest BCUT2D eigenvalue weighted by molar-refractivity contribution is 5.97. The standard InChI is InChI=1S/C27H30N4O3/c1-18(2)26(33)31-24-11-7-10-23(16-24)28-17-25(32)30-22-14-12-21(13-15-22)27(34)29-19(3)20-8-5-4-6-9-20/h4-16,18-19,28H,17H2,1-3H3,(H,29,34)(H,30,32)(H,31,33). The number of rotatable bonds is 9. The molecule has 176 valence electrons. The van der Waals surface area contributed by atoms with Gasteiger partial charge in [0.25, 0.3) is 5.91 Å². The molecule has 3 rings (SSSR count). The van der Waals surface area contributed by atoms with Crippen molar-refractivity contribution in [2.24, 2.45) is 5.92 Å². The maximum Gasteiger partial charge on any atom is 0.251 e. The summed E-state index contributed by atoms with van der Waals surface area (Å²) in [5.74, 6) is -0.597. The summed E-state index contributed by atoms with van der Waals surface area (Å²) in [6.45, 7) is 5.64.